The number of nitrogens with one attached hydrogen (secondary N) is 3. The number of hydrogen-bond donors (Lipinski definition) is 5. The maximum atomic E-state index is 9.92. The van der Waals surface area contributed by atoms with Crippen molar-refractivity contribution in [2.45, 2.75) is 18.9 Å². The molecular formula is C21H26N4O2. The number of benzene rings is 2. The first-order valence-corrected chi connectivity index (χ1v) is 9.17. The molecule has 0 aliphatic carbocycles. The van der Waals surface area contributed by atoms with Gasteiger partial charge in [0, 0.05) is 29.4 Å². The summed E-state index contributed by atoms with van der Waals surface area (Å²) in [6.07, 6.45) is 6.06. The number of ether oxygens (including phenoxy) is 1. The van der Waals surface area contributed by atoms with E-state index in [1.807, 2.05) is 36.4 Å². The zero-order valence-electron chi connectivity index (χ0n) is 15.2. The van der Waals surface area contributed by atoms with E-state index >= 15 is 0 Å². The monoisotopic (exact) mass is 366 g/mol. The minimum absolute atomic E-state index is 0.0201. The van der Waals surface area contributed by atoms with Gasteiger partial charge >= 0.3 is 0 Å². The van der Waals surface area contributed by atoms with Crippen LogP contribution in [0.15, 0.2) is 48.5 Å². The fourth-order valence-electron chi connectivity index (χ4n) is 3.00. The van der Waals surface area contributed by atoms with E-state index in [0.717, 1.165) is 37.4 Å². The van der Waals surface area contributed by atoms with Crippen LogP contribution in [0.2, 0.25) is 0 Å². The molecule has 0 unspecified atom stereocenters. The largest absolute Gasteiger partial charge is 0.507 e. The van der Waals surface area contributed by atoms with E-state index in [0.29, 0.717) is 17.7 Å². The molecule has 0 amide bonds. The van der Waals surface area contributed by atoms with E-state index in [1.165, 1.54) is 0 Å². The Balaban J connectivity index is 1.56. The first kappa shape index (κ1) is 18.8. The smallest absolute Gasteiger partial charge is 0.122 e. The highest BCUT2D eigenvalue weighted by Gasteiger charge is 2.14. The van der Waals surface area contributed by atoms with E-state index in [2.05, 4.69) is 10.6 Å². The summed E-state index contributed by atoms with van der Waals surface area (Å²) in [4.78, 5) is 0. The second-order valence-electron chi connectivity index (χ2n) is 6.57. The zero-order chi connectivity index (χ0) is 19.1. The number of rotatable bonds is 7. The van der Waals surface area contributed by atoms with Gasteiger partial charge in [0.25, 0.3) is 0 Å². The predicted octanol–water partition coefficient (Wildman–Crippen LogP) is 2.93. The molecule has 0 radical (unpaired) electrons. The van der Waals surface area contributed by atoms with Gasteiger partial charge in [-0.05, 0) is 56.3 Å². The van der Waals surface area contributed by atoms with Crippen LogP contribution in [0.4, 0.5) is 5.69 Å². The molecular weight excluding hydrogens is 340 g/mol. The van der Waals surface area contributed by atoms with Crippen LogP contribution >= 0.6 is 0 Å². The van der Waals surface area contributed by atoms with E-state index < -0.39 is 0 Å². The number of hydrogen-bond acceptors (Lipinski definition) is 5. The number of nitrogen functional groups attached to an aromatic ring is 1. The van der Waals surface area contributed by atoms with Crippen LogP contribution in [0.1, 0.15) is 24.0 Å². The molecule has 1 aliphatic heterocycles. The number of nitrogens with two attached hydrogens (primary N) is 1. The molecule has 0 atom stereocenters. The van der Waals surface area contributed by atoms with Gasteiger partial charge in [0.05, 0.1) is 0 Å². The highest BCUT2D eigenvalue weighted by Crippen LogP contribution is 2.22. The van der Waals surface area contributed by atoms with Crippen LogP contribution in [0.3, 0.4) is 0 Å². The van der Waals surface area contributed by atoms with Crippen LogP contribution < -0.4 is 21.1 Å². The van der Waals surface area contributed by atoms with Crippen LogP contribution in [-0.4, -0.2) is 36.7 Å². The van der Waals surface area contributed by atoms with Crippen LogP contribution in [0, 0.1) is 5.41 Å². The van der Waals surface area contributed by atoms with Gasteiger partial charge in [-0.1, -0.05) is 18.2 Å². The van der Waals surface area contributed by atoms with E-state index in [-0.39, 0.29) is 17.7 Å². The molecule has 0 bridgehead atoms. The Hall–Kier alpha value is -2.99. The molecule has 1 fully saturated rings. The van der Waals surface area contributed by atoms with Crippen molar-refractivity contribution < 1.29 is 9.84 Å². The highest BCUT2D eigenvalue weighted by atomic mass is 16.5. The maximum absolute atomic E-state index is 9.92. The minimum Gasteiger partial charge on any atom is -0.507 e. The van der Waals surface area contributed by atoms with Gasteiger partial charge in [-0.15, -0.1) is 0 Å². The van der Waals surface area contributed by atoms with Crippen molar-refractivity contribution in [3.8, 4) is 11.5 Å². The van der Waals surface area contributed by atoms with Gasteiger partial charge in [0.15, 0.2) is 0 Å². The standard InChI is InChI=1S/C21H26N4O2/c22-21(23)16-6-7-20(26)15(13-16)3-2-10-25-17-4-1-5-19(14-17)27-18-8-11-24-12-9-18/h1-7,13-14,18,24-26H,8-12H2,(H3,22,23)/b3-2+. The van der Waals surface area contributed by atoms with Crippen LogP contribution in [0.25, 0.3) is 6.08 Å². The minimum atomic E-state index is -0.0201. The number of phenols is 1. The lowest BCUT2D eigenvalue weighted by molar-refractivity contribution is 0.162. The van der Waals surface area contributed by atoms with E-state index in [9.17, 15) is 5.11 Å². The molecule has 2 aromatic rings. The SMILES string of the molecule is N=C(N)c1ccc(O)c(/C=C/CNc2cccc(OC3CCNCC3)c2)c1. The summed E-state index contributed by atoms with van der Waals surface area (Å²) in [6.45, 7) is 2.61. The summed E-state index contributed by atoms with van der Waals surface area (Å²) in [5.74, 6) is 1.02. The molecule has 3 rings (SSSR count). The number of anilines is 1. The van der Waals surface area contributed by atoms with Crippen LogP contribution in [0.5, 0.6) is 11.5 Å². The summed E-state index contributed by atoms with van der Waals surface area (Å²) in [5.41, 5.74) is 7.69. The average Bonchev–Trinajstić information content (AvgIpc) is 2.67. The molecule has 2 aromatic carbocycles. The van der Waals surface area contributed by atoms with E-state index in [1.54, 1.807) is 18.2 Å². The van der Waals surface area contributed by atoms with Crippen molar-refractivity contribution in [3.05, 3.63) is 59.7 Å². The van der Waals surface area contributed by atoms with Crippen molar-refractivity contribution in [3.63, 3.8) is 0 Å². The lowest BCUT2D eigenvalue weighted by atomic mass is 10.1. The molecule has 0 spiro atoms. The normalized spacial score (nSPS) is 15.0. The number of phenolic OH excluding ortho intramolecular Hbond substituents is 1. The first-order valence-electron chi connectivity index (χ1n) is 9.17. The molecule has 0 saturated carbocycles. The van der Waals surface area contributed by atoms with Gasteiger partial charge < -0.3 is 26.2 Å². The van der Waals surface area contributed by atoms with Crippen LogP contribution in [-0.2, 0) is 0 Å². The fourth-order valence-corrected chi connectivity index (χ4v) is 3.00. The van der Waals surface area contributed by atoms with Crippen molar-refractivity contribution in [1.82, 2.24) is 5.32 Å². The average molecular weight is 366 g/mol. The third-order valence-corrected chi connectivity index (χ3v) is 4.48. The summed E-state index contributed by atoms with van der Waals surface area (Å²) in [7, 11) is 0. The number of aromatic hydroxyl groups is 1. The van der Waals surface area contributed by atoms with Gasteiger partial charge in [-0.25, -0.2) is 0 Å². The Bertz CT molecular complexity index is 814. The molecule has 27 heavy (non-hydrogen) atoms. The summed E-state index contributed by atoms with van der Waals surface area (Å²) in [6, 6.07) is 12.8. The molecule has 6 heteroatoms. The predicted molar refractivity (Wildman–Crippen MR) is 110 cm³/mol. The molecule has 1 aliphatic rings. The van der Waals surface area contributed by atoms with Gasteiger partial charge in [-0.3, -0.25) is 5.41 Å². The first-order chi connectivity index (χ1) is 13.1. The Kier molecular flexibility index (Phi) is 6.33. The van der Waals surface area contributed by atoms with Gasteiger partial charge in [0.2, 0.25) is 0 Å². The van der Waals surface area contributed by atoms with Crippen molar-refractivity contribution in [2.24, 2.45) is 5.73 Å². The Morgan fingerprint density at radius 3 is 2.85 bits per heavy atom. The zero-order valence-corrected chi connectivity index (χ0v) is 15.2. The summed E-state index contributed by atoms with van der Waals surface area (Å²) in [5, 5.41) is 24.1. The maximum Gasteiger partial charge on any atom is 0.122 e. The molecule has 1 saturated heterocycles. The third kappa shape index (κ3) is 5.49. The molecule has 1 heterocycles. The summed E-state index contributed by atoms with van der Waals surface area (Å²) >= 11 is 0. The summed E-state index contributed by atoms with van der Waals surface area (Å²) < 4.78 is 6.06. The quantitative estimate of drug-likeness (QED) is 0.383. The van der Waals surface area contributed by atoms with Crippen molar-refractivity contribution in [1.29, 1.82) is 5.41 Å². The topological polar surface area (TPSA) is 103 Å². The molecule has 0 aromatic heterocycles. The second kappa shape index (κ2) is 9.09. The highest BCUT2D eigenvalue weighted by molar-refractivity contribution is 5.95. The van der Waals surface area contributed by atoms with Crippen molar-refractivity contribution in [2.75, 3.05) is 25.0 Å². The molecule has 6 nitrogen and oxygen atoms in total. The van der Waals surface area contributed by atoms with Gasteiger partial charge in [0.1, 0.15) is 23.4 Å². The molecule has 142 valence electrons. The van der Waals surface area contributed by atoms with Gasteiger partial charge in [-0.2, -0.15) is 0 Å². The Morgan fingerprint density at radius 1 is 1.26 bits per heavy atom. The lowest BCUT2D eigenvalue weighted by Gasteiger charge is -2.24. The fraction of sp³-hybridized carbons (Fsp3) is 0.286. The molecule has 6 N–H and O–H groups in total. The van der Waals surface area contributed by atoms with Crippen molar-refractivity contribution >= 4 is 17.6 Å². The number of piperidine rings is 1. The Morgan fingerprint density at radius 2 is 2.07 bits per heavy atom. The Labute approximate surface area is 159 Å². The number of amidine groups is 1. The lowest BCUT2D eigenvalue weighted by Crippen LogP contribution is -2.34. The third-order valence-electron chi connectivity index (χ3n) is 4.48. The van der Waals surface area contributed by atoms with E-state index in [4.69, 9.17) is 15.9 Å². The second-order valence-corrected chi connectivity index (χ2v) is 6.57.